The van der Waals surface area contributed by atoms with Crippen molar-refractivity contribution in [3.8, 4) is 56.0 Å². The number of aromatic nitrogens is 3. The van der Waals surface area contributed by atoms with E-state index < -0.39 is 35.8 Å². The third kappa shape index (κ3) is 8.65. The SMILES string of the molecule is FC(F)(Cc1c[c-]c(-c2ccccn2)cc1)c1cc(-c2ccccc2-c2c[c-]c(-c3cc4oc5ccccc5c4cn3)cc2)cc(C(F)(F)Cc2c[c-]c(-c3ccccn3)cc2)c1.[Ir+3]. The monoisotopic (exact) mass is 1020 g/mol. The Balaban J connectivity index is 0.00000518. The summed E-state index contributed by atoms with van der Waals surface area (Å²) in [5.74, 6) is -7.06. The van der Waals surface area contributed by atoms with Gasteiger partial charge in [-0.1, -0.05) is 77.9 Å². The van der Waals surface area contributed by atoms with Crippen molar-refractivity contribution < 1.29 is 42.1 Å². The summed E-state index contributed by atoms with van der Waals surface area (Å²) in [5, 5.41) is 1.89. The Labute approximate surface area is 380 Å². The van der Waals surface area contributed by atoms with Gasteiger partial charge in [0.05, 0.1) is 0 Å². The Hall–Kier alpha value is -7.06. The maximum atomic E-state index is 16.6. The third-order valence-electron chi connectivity index (χ3n) is 11.2. The first-order chi connectivity index (χ1) is 30.7. The Morgan fingerprint density at radius 1 is 0.453 bits per heavy atom. The first-order valence-electron chi connectivity index (χ1n) is 20.3. The van der Waals surface area contributed by atoms with Crippen molar-refractivity contribution in [2.24, 2.45) is 0 Å². The fraction of sp³-hybridized carbons (Fsp3) is 0.0727. The van der Waals surface area contributed by atoms with Gasteiger partial charge in [-0.2, -0.15) is 0 Å². The molecular formula is C55H34F4IrN3O. The van der Waals surface area contributed by atoms with E-state index in [0.717, 1.165) is 33.5 Å². The molecule has 0 bridgehead atoms. The molecule has 0 unspecified atom stereocenters. The zero-order valence-electron chi connectivity index (χ0n) is 33.8. The summed E-state index contributed by atoms with van der Waals surface area (Å²) in [6.45, 7) is 0. The number of furan rings is 1. The van der Waals surface area contributed by atoms with E-state index in [4.69, 9.17) is 4.42 Å². The second-order valence-corrected chi connectivity index (χ2v) is 15.4. The molecule has 0 saturated carbocycles. The minimum Gasteiger partial charge on any atom is -0.457 e. The van der Waals surface area contributed by atoms with Crippen LogP contribution in [0.3, 0.4) is 0 Å². The van der Waals surface area contributed by atoms with Crippen molar-refractivity contribution in [3.63, 3.8) is 0 Å². The smallest absolute Gasteiger partial charge is 0.457 e. The van der Waals surface area contributed by atoms with Gasteiger partial charge in [-0.25, -0.2) is 17.6 Å². The van der Waals surface area contributed by atoms with Gasteiger partial charge in [0.25, 0.3) is 11.8 Å². The molecule has 9 heteroatoms. The molecule has 0 radical (unpaired) electrons. The largest absolute Gasteiger partial charge is 3.00 e. The molecule has 0 N–H and O–H groups in total. The molecule has 0 fully saturated rings. The van der Waals surface area contributed by atoms with E-state index >= 15 is 17.6 Å². The number of pyridine rings is 3. The van der Waals surface area contributed by atoms with Crippen molar-refractivity contribution in [1.29, 1.82) is 0 Å². The standard InChI is InChI=1S/C55H34F4N3O.Ir/c56-54(57,33-36-15-19-39(20-16-36)49-12-5-7-27-60-49)43-29-42(30-44(31-43)55(58,59)34-37-17-21-40(22-18-37)50-13-6-8-28-61-50)46-10-2-1-9-45(46)38-23-25-41(26-24-38)51-32-53-48(35-62-51)47-11-3-4-14-52(47)63-53;/h1-19,21,23-25,27-32,35H,33-34H2;/q-3;+3. The molecule has 0 spiro atoms. The second kappa shape index (κ2) is 17.6. The van der Waals surface area contributed by atoms with E-state index in [1.54, 1.807) is 73.2 Å². The number of fused-ring (bicyclic) bond motifs is 3. The van der Waals surface area contributed by atoms with Crippen LogP contribution >= 0.6 is 0 Å². The van der Waals surface area contributed by atoms with Crippen LogP contribution in [0.2, 0.25) is 0 Å². The molecule has 0 aliphatic carbocycles. The molecule has 10 aromatic rings. The van der Waals surface area contributed by atoms with Crippen LogP contribution in [-0.4, -0.2) is 15.0 Å². The van der Waals surface area contributed by atoms with E-state index in [2.05, 4.69) is 33.2 Å². The first-order valence-corrected chi connectivity index (χ1v) is 20.3. The van der Waals surface area contributed by atoms with Gasteiger partial charge in [0.1, 0.15) is 11.2 Å². The molecule has 0 aliphatic heterocycles. The molecule has 4 heterocycles. The summed E-state index contributed by atoms with van der Waals surface area (Å²) in [6, 6.07) is 55.9. The average molecular weight is 1020 g/mol. The molecule has 6 aromatic carbocycles. The summed E-state index contributed by atoms with van der Waals surface area (Å²) in [7, 11) is 0. The summed E-state index contributed by atoms with van der Waals surface area (Å²) in [5.41, 5.74) is 7.15. The molecule has 0 saturated heterocycles. The van der Waals surface area contributed by atoms with E-state index in [1.165, 1.54) is 24.3 Å². The molecule has 0 atom stereocenters. The van der Waals surface area contributed by atoms with Gasteiger partial charge in [-0.3, -0.25) is 0 Å². The van der Waals surface area contributed by atoms with Crippen molar-refractivity contribution in [2.45, 2.75) is 24.7 Å². The van der Waals surface area contributed by atoms with Gasteiger partial charge in [0.15, 0.2) is 0 Å². The summed E-state index contributed by atoms with van der Waals surface area (Å²) < 4.78 is 72.7. The fourth-order valence-corrected chi connectivity index (χ4v) is 7.92. The van der Waals surface area contributed by atoms with Crippen molar-refractivity contribution in [1.82, 2.24) is 15.0 Å². The summed E-state index contributed by atoms with van der Waals surface area (Å²) in [4.78, 5) is 13.3. The van der Waals surface area contributed by atoms with Crippen LogP contribution < -0.4 is 0 Å². The predicted octanol–water partition coefficient (Wildman–Crippen LogP) is 14.2. The quantitative estimate of drug-likeness (QED) is 0.0957. The van der Waals surface area contributed by atoms with Crippen molar-refractivity contribution in [3.05, 3.63) is 223 Å². The van der Waals surface area contributed by atoms with E-state index in [1.807, 2.05) is 78.9 Å². The number of hydrogen-bond acceptors (Lipinski definition) is 4. The number of halogens is 4. The Kier molecular flexibility index (Phi) is 11.6. The van der Waals surface area contributed by atoms with Crippen LogP contribution in [-0.2, 0) is 44.8 Å². The molecular weight excluding hydrogens is 987 g/mol. The number of hydrogen-bond donors (Lipinski definition) is 0. The van der Waals surface area contributed by atoms with Crippen LogP contribution in [0.1, 0.15) is 22.3 Å². The average Bonchev–Trinajstić information content (AvgIpc) is 3.70. The van der Waals surface area contributed by atoms with Gasteiger partial charge >= 0.3 is 20.1 Å². The zero-order valence-corrected chi connectivity index (χ0v) is 36.2. The summed E-state index contributed by atoms with van der Waals surface area (Å²) in [6.07, 6.45) is 3.63. The van der Waals surface area contributed by atoms with E-state index in [9.17, 15) is 0 Å². The maximum Gasteiger partial charge on any atom is 3.00 e. The molecule has 4 nitrogen and oxygen atoms in total. The minimum absolute atomic E-state index is 0. The van der Waals surface area contributed by atoms with E-state index in [-0.39, 0.29) is 25.7 Å². The van der Waals surface area contributed by atoms with Crippen molar-refractivity contribution in [2.75, 3.05) is 0 Å². The number of nitrogens with zero attached hydrogens (tertiary/aromatic N) is 3. The van der Waals surface area contributed by atoms with Gasteiger partial charge in [-0.15, -0.1) is 101 Å². The normalized spacial score (nSPS) is 11.8. The van der Waals surface area contributed by atoms with E-state index in [0.29, 0.717) is 56.0 Å². The Bertz CT molecular complexity index is 3100. The number of alkyl halides is 4. The van der Waals surface area contributed by atoms with Gasteiger partial charge < -0.3 is 19.4 Å². The van der Waals surface area contributed by atoms with Crippen LogP contribution in [0.5, 0.6) is 0 Å². The second-order valence-electron chi connectivity index (χ2n) is 15.4. The summed E-state index contributed by atoms with van der Waals surface area (Å²) >= 11 is 0. The van der Waals surface area contributed by atoms with Crippen LogP contribution in [0, 0.1) is 18.2 Å². The van der Waals surface area contributed by atoms with Gasteiger partial charge in [-0.05, 0) is 70.7 Å². The zero-order chi connectivity index (χ0) is 43.0. The number of para-hydroxylation sites is 1. The number of benzene rings is 6. The topological polar surface area (TPSA) is 51.8 Å². The van der Waals surface area contributed by atoms with Gasteiger partial charge in [0.2, 0.25) is 0 Å². The van der Waals surface area contributed by atoms with Crippen molar-refractivity contribution >= 4 is 21.9 Å². The fourth-order valence-electron chi connectivity index (χ4n) is 7.92. The molecule has 312 valence electrons. The molecule has 10 rings (SSSR count). The Morgan fingerprint density at radius 3 is 1.53 bits per heavy atom. The van der Waals surface area contributed by atoms with Crippen LogP contribution in [0.25, 0.3) is 78.0 Å². The van der Waals surface area contributed by atoms with Crippen LogP contribution in [0.4, 0.5) is 17.6 Å². The Morgan fingerprint density at radius 2 is 0.984 bits per heavy atom. The molecule has 0 amide bonds. The molecule has 4 aromatic heterocycles. The third-order valence-corrected chi connectivity index (χ3v) is 11.2. The maximum absolute atomic E-state index is 16.6. The molecule has 0 aliphatic rings. The molecule has 64 heavy (non-hydrogen) atoms. The first kappa shape index (κ1) is 42.3. The minimum atomic E-state index is -3.53. The van der Waals surface area contributed by atoms with Gasteiger partial charge in [0, 0.05) is 53.3 Å². The predicted molar refractivity (Wildman–Crippen MR) is 239 cm³/mol. The number of rotatable bonds is 11. The van der Waals surface area contributed by atoms with Crippen LogP contribution in [0.15, 0.2) is 187 Å².